The molecule has 0 saturated heterocycles. The number of halogens is 2. The van der Waals surface area contributed by atoms with Crippen LogP contribution < -0.4 is 4.74 Å². The molecular weight excluding hydrogens is 211 g/mol. The van der Waals surface area contributed by atoms with E-state index in [9.17, 15) is 0 Å². The summed E-state index contributed by atoms with van der Waals surface area (Å²) in [5, 5.41) is 0.942. The first-order valence-corrected chi connectivity index (χ1v) is 4.57. The molecule has 0 aliphatic heterocycles. The molecule has 0 spiro atoms. The molecule has 0 amide bonds. The predicted molar refractivity (Wildman–Crippen MR) is 53.8 cm³/mol. The van der Waals surface area contributed by atoms with Crippen LogP contribution in [0.25, 0.3) is 0 Å². The van der Waals surface area contributed by atoms with Crippen molar-refractivity contribution in [1.29, 1.82) is 0 Å². The molecule has 0 saturated carbocycles. The minimum absolute atomic E-state index is 0.445. The van der Waals surface area contributed by atoms with Gasteiger partial charge >= 0.3 is 0 Å². The Morgan fingerprint density at radius 1 is 1.23 bits per heavy atom. The summed E-state index contributed by atoms with van der Waals surface area (Å²) in [6, 6.07) is 5.27. The summed E-state index contributed by atoms with van der Waals surface area (Å²) in [5.74, 6) is 0.589. The average molecular weight is 221 g/mol. The van der Waals surface area contributed by atoms with Crippen molar-refractivity contribution >= 4 is 23.2 Å². The van der Waals surface area contributed by atoms with Crippen LogP contribution in [0.5, 0.6) is 5.75 Å². The second-order valence-corrected chi connectivity index (χ2v) is 3.18. The van der Waals surface area contributed by atoms with Gasteiger partial charge in [-0.1, -0.05) is 29.3 Å². The van der Waals surface area contributed by atoms with Gasteiger partial charge in [0.1, 0.15) is 17.4 Å². The van der Waals surface area contributed by atoms with Gasteiger partial charge in [-0.05, 0) is 12.1 Å². The van der Waals surface area contributed by atoms with Crippen molar-refractivity contribution in [1.82, 2.24) is 0 Å². The average Bonchev–Trinajstić information content (AvgIpc) is 2.13. The molecule has 0 aromatic heterocycles. The number of rotatable bonds is 4. The molecule has 1 aromatic rings. The topological polar surface area (TPSA) is 18.5 Å². The number of benzene rings is 1. The van der Waals surface area contributed by atoms with Gasteiger partial charge in [0, 0.05) is 7.11 Å². The monoisotopic (exact) mass is 220 g/mol. The Bertz CT molecular complexity index is 276. The third-order valence-electron chi connectivity index (χ3n) is 1.46. The highest BCUT2D eigenvalue weighted by Crippen LogP contribution is 2.31. The first kappa shape index (κ1) is 10.6. The SMILES string of the molecule is COCCOc1cccc(Cl)c1Cl. The molecule has 0 radical (unpaired) electrons. The maximum absolute atomic E-state index is 5.87. The van der Waals surface area contributed by atoms with Crippen LogP contribution in [-0.4, -0.2) is 20.3 Å². The van der Waals surface area contributed by atoms with Crippen molar-refractivity contribution in [2.75, 3.05) is 20.3 Å². The molecule has 0 aliphatic carbocycles. The molecule has 2 nitrogen and oxygen atoms in total. The van der Waals surface area contributed by atoms with E-state index in [0.29, 0.717) is 29.0 Å². The summed E-state index contributed by atoms with van der Waals surface area (Å²) < 4.78 is 10.1. The fraction of sp³-hybridized carbons (Fsp3) is 0.333. The standard InChI is InChI=1S/C9H10Cl2O2/c1-12-5-6-13-8-4-2-3-7(10)9(8)11/h2-4H,5-6H2,1H3. The van der Waals surface area contributed by atoms with E-state index >= 15 is 0 Å². The van der Waals surface area contributed by atoms with Crippen molar-refractivity contribution in [2.45, 2.75) is 0 Å². The van der Waals surface area contributed by atoms with E-state index < -0.39 is 0 Å². The van der Waals surface area contributed by atoms with Crippen LogP contribution in [-0.2, 0) is 4.74 Å². The normalized spacial score (nSPS) is 10.1. The van der Waals surface area contributed by atoms with Crippen LogP contribution >= 0.6 is 23.2 Å². The lowest BCUT2D eigenvalue weighted by Crippen LogP contribution is -2.04. The second kappa shape index (κ2) is 5.32. The summed E-state index contributed by atoms with van der Waals surface area (Å²) in [7, 11) is 1.61. The predicted octanol–water partition coefficient (Wildman–Crippen LogP) is 3.02. The molecule has 4 heteroatoms. The van der Waals surface area contributed by atoms with Gasteiger partial charge in [-0.3, -0.25) is 0 Å². The highest BCUT2D eigenvalue weighted by molar-refractivity contribution is 6.42. The van der Waals surface area contributed by atoms with Crippen molar-refractivity contribution in [3.63, 3.8) is 0 Å². The Labute approximate surface area is 87.4 Å². The van der Waals surface area contributed by atoms with Crippen LogP contribution in [0.3, 0.4) is 0 Å². The highest BCUT2D eigenvalue weighted by atomic mass is 35.5. The molecule has 0 aliphatic rings. The Morgan fingerprint density at radius 3 is 2.69 bits per heavy atom. The third-order valence-corrected chi connectivity index (χ3v) is 2.26. The van der Waals surface area contributed by atoms with Crippen molar-refractivity contribution in [3.05, 3.63) is 28.2 Å². The molecule has 0 unspecified atom stereocenters. The summed E-state index contributed by atoms with van der Waals surface area (Å²) in [6.07, 6.45) is 0. The highest BCUT2D eigenvalue weighted by Gasteiger charge is 2.04. The lowest BCUT2D eigenvalue weighted by atomic mass is 10.3. The van der Waals surface area contributed by atoms with Crippen molar-refractivity contribution in [2.24, 2.45) is 0 Å². The lowest BCUT2D eigenvalue weighted by Gasteiger charge is -2.07. The molecule has 0 fully saturated rings. The largest absolute Gasteiger partial charge is 0.490 e. The van der Waals surface area contributed by atoms with Crippen LogP contribution in [0.4, 0.5) is 0 Å². The van der Waals surface area contributed by atoms with Crippen LogP contribution in [0.2, 0.25) is 10.0 Å². The molecule has 72 valence electrons. The van der Waals surface area contributed by atoms with Crippen molar-refractivity contribution < 1.29 is 9.47 Å². The van der Waals surface area contributed by atoms with E-state index in [0.717, 1.165) is 0 Å². The molecule has 0 N–H and O–H groups in total. The zero-order valence-electron chi connectivity index (χ0n) is 7.22. The van der Waals surface area contributed by atoms with Gasteiger partial charge in [-0.25, -0.2) is 0 Å². The second-order valence-electron chi connectivity index (χ2n) is 2.39. The lowest BCUT2D eigenvalue weighted by molar-refractivity contribution is 0.146. The third kappa shape index (κ3) is 3.07. The van der Waals surface area contributed by atoms with Crippen LogP contribution in [0, 0.1) is 0 Å². The van der Waals surface area contributed by atoms with E-state index in [4.69, 9.17) is 32.7 Å². The zero-order valence-corrected chi connectivity index (χ0v) is 8.73. The quantitative estimate of drug-likeness (QED) is 0.727. The van der Waals surface area contributed by atoms with Crippen molar-refractivity contribution in [3.8, 4) is 5.75 Å². The first-order valence-electron chi connectivity index (χ1n) is 3.81. The maximum atomic E-state index is 5.87. The minimum atomic E-state index is 0.445. The van der Waals surface area contributed by atoms with Crippen LogP contribution in [0.15, 0.2) is 18.2 Å². The van der Waals surface area contributed by atoms with Gasteiger partial charge in [-0.2, -0.15) is 0 Å². The summed E-state index contributed by atoms with van der Waals surface area (Å²) in [4.78, 5) is 0. The molecule has 13 heavy (non-hydrogen) atoms. The van der Waals surface area contributed by atoms with Gasteiger partial charge in [0.25, 0.3) is 0 Å². The number of hydrogen-bond donors (Lipinski definition) is 0. The van der Waals surface area contributed by atoms with Crippen LogP contribution in [0.1, 0.15) is 0 Å². The van der Waals surface area contributed by atoms with Gasteiger partial charge in [0.2, 0.25) is 0 Å². The Hall–Kier alpha value is -0.440. The van der Waals surface area contributed by atoms with E-state index in [-0.39, 0.29) is 0 Å². The first-order chi connectivity index (χ1) is 6.25. The fourth-order valence-corrected chi connectivity index (χ4v) is 1.18. The van der Waals surface area contributed by atoms with E-state index in [1.165, 1.54) is 0 Å². The Morgan fingerprint density at radius 2 is 2.00 bits per heavy atom. The summed E-state index contributed by atoms with van der Waals surface area (Å²) >= 11 is 11.7. The Balaban J connectivity index is 2.61. The molecule has 0 atom stereocenters. The van der Waals surface area contributed by atoms with Gasteiger partial charge in [0.15, 0.2) is 0 Å². The minimum Gasteiger partial charge on any atom is -0.490 e. The summed E-state index contributed by atoms with van der Waals surface area (Å²) in [6.45, 7) is 0.999. The van der Waals surface area contributed by atoms with Gasteiger partial charge in [0.05, 0.1) is 11.6 Å². The smallest absolute Gasteiger partial charge is 0.139 e. The number of methoxy groups -OCH3 is 1. The van der Waals surface area contributed by atoms with E-state index in [1.54, 1.807) is 25.3 Å². The van der Waals surface area contributed by atoms with E-state index in [1.807, 2.05) is 0 Å². The summed E-state index contributed by atoms with van der Waals surface area (Å²) in [5.41, 5.74) is 0. The molecule has 0 bridgehead atoms. The van der Waals surface area contributed by atoms with Gasteiger partial charge < -0.3 is 9.47 Å². The number of hydrogen-bond acceptors (Lipinski definition) is 2. The molecular formula is C9H10Cl2O2. The molecule has 0 heterocycles. The number of ether oxygens (including phenoxy) is 2. The molecule has 1 rings (SSSR count). The fourth-order valence-electron chi connectivity index (χ4n) is 0.830. The maximum Gasteiger partial charge on any atom is 0.139 e. The molecule has 1 aromatic carbocycles. The Kier molecular flexibility index (Phi) is 4.36. The van der Waals surface area contributed by atoms with Gasteiger partial charge in [-0.15, -0.1) is 0 Å². The zero-order chi connectivity index (χ0) is 9.68. The van der Waals surface area contributed by atoms with E-state index in [2.05, 4.69) is 0 Å².